The molecular weight excluding hydrogens is 376 g/mol. The Hall–Kier alpha value is -3.32. The molecule has 0 aliphatic carbocycles. The maximum atomic E-state index is 12.7. The van der Waals surface area contributed by atoms with Crippen LogP contribution in [0.15, 0.2) is 48.5 Å². The Labute approximate surface area is 166 Å². The second-order valence-corrected chi connectivity index (χ2v) is 7.57. The fraction of sp³-hybridized carbons (Fsp3) is 0.143. The van der Waals surface area contributed by atoms with E-state index in [4.69, 9.17) is 9.47 Å². The normalized spacial score (nSPS) is 12.6. The monoisotopic (exact) mass is 394 g/mol. The second-order valence-electron chi connectivity index (χ2n) is 6.31. The lowest BCUT2D eigenvalue weighted by Crippen LogP contribution is -2.25. The number of hydrogen-bond donors (Lipinski definition) is 2. The first kappa shape index (κ1) is 18.1. The van der Waals surface area contributed by atoms with E-state index in [1.54, 1.807) is 25.3 Å². The molecular formula is C21H18N2O4S. The van der Waals surface area contributed by atoms with Crippen LogP contribution in [0.4, 0.5) is 11.4 Å². The van der Waals surface area contributed by atoms with E-state index in [-0.39, 0.29) is 18.4 Å². The quantitative estimate of drug-likeness (QED) is 0.691. The van der Waals surface area contributed by atoms with Crippen LogP contribution in [0.1, 0.15) is 14.5 Å². The molecule has 1 aromatic heterocycles. The summed E-state index contributed by atoms with van der Waals surface area (Å²) in [7, 11) is 1.63. The van der Waals surface area contributed by atoms with Crippen molar-refractivity contribution in [3.63, 3.8) is 0 Å². The molecule has 2 amide bonds. The van der Waals surface area contributed by atoms with Gasteiger partial charge in [0.25, 0.3) is 11.8 Å². The Morgan fingerprint density at radius 1 is 1.18 bits per heavy atom. The number of fused-ring (bicyclic) bond motifs is 1. The van der Waals surface area contributed by atoms with E-state index in [0.29, 0.717) is 22.0 Å². The maximum Gasteiger partial charge on any atom is 0.265 e. The number of nitrogens with one attached hydrogen (secondary N) is 2. The van der Waals surface area contributed by atoms with Crippen molar-refractivity contribution in [1.82, 2.24) is 0 Å². The largest absolute Gasteiger partial charge is 0.497 e. The third-order valence-corrected chi connectivity index (χ3v) is 5.46. The Bertz CT molecular complexity index is 1060. The number of rotatable bonds is 4. The molecule has 28 heavy (non-hydrogen) atoms. The van der Waals surface area contributed by atoms with Gasteiger partial charge in [0.05, 0.1) is 17.7 Å². The number of anilines is 2. The zero-order valence-electron chi connectivity index (χ0n) is 15.4. The fourth-order valence-electron chi connectivity index (χ4n) is 3.00. The van der Waals surface area contributed by atoms with Gasteiger partial charge in [-0.15, -0.1) is 11.3 Å². The SMILES string of the molecule is COc1ccc(-c2cc(C(=O)Nc3ccc4c(c3)NC(=O)CO4)sc2C)cc1. The average Bonchev–Trinajstić information content (AvgIpc) is 3.09. The van der Waals surface area contributed by atoms with E-state index in [1.807, 2.05) is 37.3 Å². The minimum atomic E-state index is -0.214. The summed E-state index contributed by atoms with van der Waals surface area (Å²) >= 11 is 1.44. The van der Waals surface area contributed by atoms with Crippen LogP contribution in [0.2, 0.25) is 0 Å². The van der Waals surface area contributed by atoms with Gasteiger partial charge in [0.15, 0.2) is 6.61 Å². The first-order valence-corrected chi connectivity index (χ1v) is 9.48. The van der Waals surface area contributed by atoms with Crippen LogP contribution in [-0.2, 0) is 4.79 Å². The summed E-state index contributed by atoms with van der Waals surface area (Å²) in [5, 5.41) is 5.61. The smallest absolute Gasteiger partial charge is 0.265 e. The van der Waals surface area contributed by atoms with Gasteiger partial charge in [-0.3, -0.25) is 9.59 Å². The first-order valence-electron chi connectivity index (χ1n) is 8.66. The van der Waals surface area contributed by atoms with E-state index in [9.17, 15) is 9.59 Å². The highest BCUT2D eigenvalue weighted by atomic mass is 32.1. The number of carbonyl (C=O) groups is 2. The van der Waals surface area contributed by atoms with Crippen molar-refractivity contribution in [1.29, 1.82) is 0 Å². The summed E-state index contributed by atoms with van der Waals surface area (Å²) in [4.78, 5) is 25.8. The van der Waals surface area contributed by atoms with Crippen LogP contribution in [0.3, 0.4) is 0 Å². The Morgan fingerprint density at radius 2 is 1.96 bits per heavy atom. The molecule has 0 radical (unpaired) electrons. The zero-order chi connectivity index (χ0) is 19.7. The van der Waals surface area contributed by atoms with Gasteiger partial charge in [-0.25, -0.2) is 0 Å². The van der Waals surface area contributed by atoms with Crippen molar-refractivity contribution < 1.29 is 19.1 Å². The molecule has 4 rings (SSSR count). The van der Waals surface area contributed by atoms with E-state index in [2.05, 4.69) is 10.6 Å². The topological polar surface area (TPSA) is 76.7 Å². The Morgan fingerprint density at radius 3 is 2.71 bits per heavy atom. The fourth-order valence-corrected chi connectivity index (χ4v) is 3.94. The molecule has 0 spiro atoms. The molecule has 142 valence electrons. The third kappa shape index (κ3) is 3.57. The number of aryl methyl sites for hydroxylation is 1. The average molecular weight is 394 g/mol. The van der Waals surface area contributed by atoms with E-state index in [1.165, 1.54) is 11.3 Å². The van der Waals surface area contributed by atoms with Gasteiger partial charge in [0.2, 0.25) is 0 Å². The molecule has 1 aliphatic heterocycles. The predicted octanol–water partition coefficient (Wildman–Crippen LogP) is 4.32. The zero-order valence-corrected chi connectivity index (χ0v) is 16.2. The van der Waals surface area contributed by atoms with Gasteiger partial charge in [0.1, 0.15) is 11.5 Å². The van der Waals surface area contributed by atoms with Crippen LogP contribution >= 0.6 is 11.3 Å². The van der Waals surface area contributed by atoms with Crippen molar-refractivity contribution in [2.45, 2.75) is 6.92 Å². The third-order valence-electron chi connectivity index (χ3n) is 4.41. The van der Waals surface area contributed by atoms with E-state index in [0.717, 1.165) is 21.8 Å². The molecule has 0 bridgehead atoms. The summed E-state index contributed by atoms with van der Waals surface area (Å²) in [5.74, 6) is 0.967. The van der Waals surface area contributed by atoms with Gasteiger partial charge >= 0.3 is 0 Å². The standard InChI is InChI=1S/C21H18N2O4S/c1-12-16(13-3-6-15(26-2)7-4-13)10-19(28-12)21(25)22-14-5-8-18-17(9-14)23-20(24)11-27-18/h3-10H,11H2,1-2H3,(H,22,25)(H,23,24). The molecule has 0 fully saturated rings. The van der Waals surface area contributed by atoms with Crippen molar-refractivity contribution in [3.8, 4) is 22.6 Å². The van der Waals surface area contributed by atoms with Gasteiger partial charge in [-0.2, -0.15) is 0 Å². The number of hydrogen-bond acceptors (Lipinski definition) is 5. The lowest BCUT2D eigenvalue weighted by Gasteiger charge is -2.18. The van der Waals surface area contributed by atoms with Gasteiger partial charge in [-0.1, -0.05) is 12.1 Å². The van der Waals surface area contributed by atoms with Crippen LogP contribution < -0.4 is 20.1 Å². The summed E-state index contributed by atoms with van der Waals surface area (Å²) < 4.78 is 10.5. The highest BCUT2D eigenvalue weighted by Crippen LogP contribution is 2.34. The predicted molar refractivity (Wildman–Crippen MR) is 110 cm³/mol. The molecule has 0 unspecified atom stereocenters. The molecule has 7 heteroatoms. The summed E-state index contributed by atoms with van der Waals surface area (Å²) in [5.41, 5.74) is 3.19. The van der Waals surface area contributed by atoms with Crippen LogP contribution in [0.25, 0.3) is 11.1 Å². The lowest BCUT2D eigenvalue weighted by molar-refractivity contribution is -0.118. The van der Waals surface area contributed by atoms with E-state index < -0.39 is 0 Å². The van der Waals surface area contributed by atoms with Crippen molar-refractivity contribution in [3.05, 3.63) is 58.3 Å². The molecule has 2 N–H and O–H groups in total. The molecule has 2 aromatic carbocycles. The number of ether oxygens (including phenoxy) is 2. The molecule has 0 saturated carbocycles. The molecule has 6 nitrogen and oxygen atoms in total. The van der Waals surface area contributed by atoms with Gasteiger partial charge in [-0.05, 0) is 54.4 Å². The van der Waals surface area contributed by atoms with Crippen LogP contribution in [-0.4, -0.2) is 25.5 Å². The molecule has 0 saturated heterocycles. The van der Waals surface area contributed by atoms with Crippen molar-refractivity contribution >= 4 is 34.5 Å². The highest BCUT2D eigenvalue weighted by Gasteiger charge is 2.18. The van der Waals surface area contributed by atoms with E-state index >= 15 is 0 Å². The van der Waals surface area contributed by atoms with Gasteiger partial charge in [0, 0.05) is 10.6 Å². The first-order chi connectivity index (χ1) is 13.5. The molecule has 0 atom stereocenters. The Kier molecular flexibility index (Phi) is 4.75. The number of benzene rings is 2. The molecule has 2 heterocycles. The highest BCUT2D eigenvalue weighted by molar-refractivity contribution is 7.14. The number of thiophene rings is 1. The van der Waals surface area contributed by atoms with Crippen molar-refractivity contribution in [2.75, 3.05) is 24.4 Å². The summed E-state index contributed by atoms with van der Waals surface area (Å²) in [6, 6.07) is 14.8. The summed E-state index contributed by atoms with van der Waals surface area (Å²) in [6.07, 6.45) is 0. The number of carbonyl (C=O) groups excluding carboxylic acids is 2. The molecule has 3 aromatic rings. The minimum absolute atomic E-state index is 0.00130. The summed E-state index contributed by atoms with van der Waals surface area (Å²) in [6.45, 7) is 1.99. The number of amides is 2. The maximum absolute atomic E-state index is 12.7. The lowest BCUT2D eigenvalue weighted by atomic mass is 10.1. The second kappa shape index (κ2) is 7.36. The van der Waals surface area contributed by atoms with Gasteiger partial charge < -0.3 is 20.1 Å². The number of methoxy groups -OCH3 is 1. The Balaban J connectivity index is 1.54. The van der Waals surface area contributed by atoms with Crippen LogP contribution in [0.5, 0.6) is 11.5 Å². The van der Waals surface area contributed by atoms with Crippen molar-refractivity contribution in [2.24, 2.45) is 0 Å². The molecule has 1 aliphatic rings. The minimum Gasteiger partial charge on any atom is -0.497 e. The van der Waals surface area contributed by atoms with Crippen LogP contribution in [0, 0.1) is 6.92 Å².